The number of hydrogen-bond acceptors (Lipinski definition) is 4. The molecule has 2 atom stereocenters. The van der Waals surface area contributed by atoms with Crippen molar-refractivity contribution in [1.29, 1.82) is 0 Å². The van der Waals surface area contributed by atoms with Crippen molar-refractivity contribution in [2.75, 3.05) is 7.11 Å². The Balaban J connectivity index is 2.10. The minimum absolute atomic E-state index is 0.0913. The van der Waals surface area contributed by atoms with Crippen LogP contribution < -0.4 is 10.1 Å². The Bertz CT molecular complexity index is 475. The van der Waals surface area contributed by atoms with Gasteiger partial charge in [0.15, 0.2) is 0 Å². The molecule has 1 aromatic carbocycles. The summed E-state index contributed by atoms with van der Waals surface area (Å²) in [5.74, 6) is 0.0353. The minimum Gasteiger partial charge on any atom is -0.507 e. The Morgan fingerprint density at radius 1 is 1.30 bits per heavy atom. The lowest BCUT2D eigenvalue weighted by molar-refractivity contribution is 0.0816. The van der Waals surface area contributed by atoms with E-state index >= 15 is 0 Å². The first kappa shape index (κ1) is 14.7. The lowest BCUT2D eigenvalue weighted by Gasteiger charge is -2.22. The van der Waals surface area contributed by atoms with Crippen LogP contribution in [0.5, 0.6) is 11.5 Å². The molecule has 110 valence electrons. The third-order valence-corrected chi connectivity index (χ3v) is 3.74. The number of carbonyl (C=O) groups excluding carboxylic acids is 1. The summed E-state index contributed by atoms with van der Waals surface area (Å²) in [6, 6.07) is 4.26. The van der Waals surface area contributed by atoms with Crippen molar-refractivity contribution in [2.24, 2.45) is 0 Å². The standard InChI is InChI=1S/C15H21NO4/c1-20-10-7-8-13(17)11(9-10)15(19)16-12-5-3-2-4-6-14(12)18/h7-9,12,14,17-18H,2-6H2,1H3,(H,16,19). The summed E-state index contributed by atoms with van der Waals surface area (Å²) in [7, 11) is 1.50. The molecule has 1 aromatic rings. The van der Waals surface area contributed by atoms with E-state index in [-0.39, 0.29) is 23.3 Å². The number of nitrogens with one attached hydrogen (secondary N) is 1. The zero-order valence-corrected chi connectivity index (χ0v) is 11.6. The van der Waals surface area contributed by atoms with E-state index in [4.69, 9.17) is 4.74 Å². The van der Waals surface area contributed by atoms with Crippen LogP contribution in [0.1, 0.15) is 42.5 Å². The molecule has 20 heavy (non-hydrogen) atoms. The average molecular weight is 279 g/mol. The summed E-state index contributed by atoms with van der Waals surface area (Å²) in [5.41, 5.74) is 0.167. The van der Waals surface area contributed by atoms with Gasteiger partial charge in [-0.15, -0.1) is 0 Å². The molecule has 0 aliphatic heterocycles. The van der Waals surface area contributed by atoms with Gasteiger partial charge < -0.3 is 20.3 Å². The second-order valence-electron chi connectivity index (χ2n) is 5.17. The molecular weight excluding hydrogens is 258 g/mol. The van der Waals surface area contributed by atoms with Crippen LogP contribution in [0.4, 0.5) is 0 Å². The molecule has 1 aliphatic rings. The van der Waals surface area contributed by atoms with E-state index < -0.39 is 6.10 Å². The van der Waals surface area contributed by atoms with E-state index in [1.807, 2.05) is 0 Å². The lowest BCUT2D eigenvalue weighted by Crippen LogP contribution is -2.42. The smallest absolute Gasteiger partial charge is 0.255 e. The molecule has 0 spiro atoms. The third kappa shape index (κ3) is 3.42. The Hall–Kier alpha value is -1.75. The predicted molar refractivity (Wildman–Crippen MR) is 75.0 cm³/mol. The van der Waals surface area contributed by atoms with Crippen LogP contribution >= 0.6 is 0 Å². The first-order valence-electron chi connectivity index (χ1n) is 6.97. The minimum atomic E-state index is -0.519. The predicted octanol–water partition coefficient (Wildman–Crippen LogP) is 1.82. The van der Waals surface area contributed by atoms with E-state index in [2.05, 4.69) is 5.32 Å². The molecule has 2 rings (SSSR count). The average Bonchev–Trinajstić information content (AvgIpc) is 2.64. The second kappa shape index (κ2) is 6.61. The Kier molecular flexibility index (Phi) is 4.84. The number of phenolic OH excluding ortho intramolecular Hbond substituents is 1. The van der Waals surface area contributed by atoms with E-state index in [0.717, 1.165) is 25.7 Å². The Labute approximate surface area is 118 Å². The van der Waals surface area contributed by atoms with E-state index in [9.17, 15) is 15.0 Å². The van der Waals surface area contributed by atoms with E-state index in [1.54, 1.807) is 6.07 Å². The van der Waals surface area contributed by atoms with Crippen LogP contribution in [0.2, 0.25) is 0 Å². The second-order valence-corrected chi connectivity index (χ2v) is 5.17. The first-order valence-corrected chi connectivity index (χ1v) is 6.97. The monoisotopic (exact) mass is 279 g/mol. The highest BCUT2D eigenvalue weighted by Crippen LogP contribution is 2.24. The van der Waals surface area contributed by atoms with Gasteiger partial charge in [0.1, 0.15) is 11.5 Å². The van der Waals surface area contributed by atoms with Crippen molar-refractivity contribution in [1.82, 2.24) is 5.32 Å². The molecule has 0 bridgehead atoms. The van der Waals surface area contributed by atoms with Gasteiger partial charge in [0, 0.05) is 0 Å². The summed E-state index contributed by atoms with van der Waals surface area (Å²) in [6.45, 7) is 0. The topological polar surface area (TPSA) is 78.8 Å². The molecule has 3 N–H and O–H groups in total. The quantitative estimate of drug-likeness (QED) is 0.737. The zero-order valence-electron chi connectivity index (χ0n) is 11.6. The normalized spacial score (nSPS) is 22.9. The van der Waals surface area contributed by atoms with Crippen LogP contribution in [0.3, 0.4) is 0 Å². The number of methoxy groups -OCH3 is 1. The number of hydrogen-bond donors (Lipinski definition) is 3. The Morgan fingerprint density at radius 3 is 2.80 bits per heavy atom. The van der Waals surface area contributed by atoms with Crippen LogP contribution in [-0.4, -0.2) is 35.4 Å². The number of benzene rings is 1. The highest BCUT2D eigenvalue weighted by molar-refractivity contribution is 5.97. The van der Waals surface area contributed by atoms with Crippen LogP contribution in [0.25, 0.3) is 0 Å². The fourth-order valence-electron chi connectivity index (χ4n) is 2.53. The molecule has 5 heteroatoms. The zero-order chi connectivity index (χ0) is 14.5. The summed E-state index contributed by atoms with van der Waals surface area (Å²) in [5, 5.41) is 22.6. The molecule has 1 amide bonds. The molecule has 0 heterocycles. The molecular formula is C15H21NO4. The summed E-state index contributed by atoms with van der Waals surface area (Å²) >= 11 is 0. The number of phenols is 1. The number of carbonyl (C=O) groups is 1. The maximum absolute atomic E-state index is 12.2. The molecule has 1 aliphatic carbocycles. The van der Waals surface area contributed by atoms with Gasteiger partial charge in [-0.2, -0.15) is 0 Å². The molecule has 1 saturated carbocycles. The number of amides is 1. The summed E-state index contributed by atoms with van der Waals surface area (Å²) in [4.78, 5) is 12.2. The van der Waals surface area contributed by atoms with Gasteiger partial charge in [0.05, 0.1) is 24.8 Å². The molecule has 5 nitrogen and oxygen atoms in total. The van der Waals surface area contributed by atoms with E-state index in [1.165, 1.54) is 19.2 Å². The first-order chi connectivity index (χ1) is 9.61. The molecule has 0 saturated heterocycles. The van der Waals surface area contributed by atoms with Gasteiger partial charge in [0.2, 0.25) is 0 Å². The van der Waals surface area contributed by atoms with Crippen molar-refractivity contribution in [3.63, 3.8) is 0 Å². The van der Waals surface area contributed by atoms with Gasteiger partial charge >= 0.3 is 0 Å². The fraction of sp³-hybridized carbons (Fsp3) is 0.533. The highest BCUT2D eigenvalue weighted by Gasteiger charge is 2.24. The van der Waals surface area contributed by atoms with Gasteiger partial charge in [-0.05, 0) is 31.0 Å². The van der Waals surface area contributed by atoms with Gasteiger partial charge in [0.25, 0.3) is 5.91 Å². The van der Waals surface area contributed by atoms with Crippen molar-refractivity contribution in [3.8, 4) is 11.5 Å². The van der Waals surface area contributed by atoms with Gasteiger partial charge in [-0.25, -0.2) is 0 Å². The van der Waals surface area contributed by atoms with Gasteiger partial charge in [-0.3, -0.25) is 4.79 Å². The lowest BCUT2D eigenvalue weighted by atomic mass is 10.1. The van der Waals surface area contributed by atoms with Crippen molar-refractivity contribution in [3.05, 3.63) is 23.8 Å². The van der Waals surface area contributed by atoms with Crippen LogP contribution in [0, 0.1) is 0 Å². The summed E-state index contributed by atoms with van der Waals surface area (Å²) < 4.78 is 5.05. The fourth-order valence-corrected chi connectivity index (χ4v) is 2.53. The number of rotatable bonds is 3. The molecule has 0 aromatic heterocycles. The SMILES string of the molecule is COc1ccc(O)c(C(=O)NC2CCCCCC2O)c1. The van der Waals surface area contributed by atoms with Crippen molar-refractivity contribution >= 4 is 5.91 Å². The number of aliphatic hydroxyl groups excluding tert-OH is 1. The van der Waals surface area contributed by atoms with E-state index in [0.29, 0.717) is 12.2 Å². The van der Waals surface area contributed by atoms with Gasteiger partial charge in [-0.1, -0.05) is 19.3 Å². The third-order valence-electron chi connectivity index (χ3n) is 3.74. The maximum atomic E-state index is 12.2. The molecule has 0 radical (unpaired) electrons. The van der Waals surface area contributed by atoms with Crippen molar-refractivity contribution in [2.45, 2.75) is 44.2 Å². The Morgan fingerprint density at radius 2 is 2.05 bits per heavy atom. The largest absolute Gasteiger partial charge is 0.507 e. The van der Waals surface area contributed by atoms with Crippen LogP contribution in [-0.2, 0) is 0 Å². The number of aromatic hydroxyl groups is 1. The van der Waals surface area contributed by atoms with Crippen molar-refractivity contribution < 1.29 is 19.7 Å². The number of ether oxygens (including phenoxy) is 1. The maximum Gasteiger partial charge on any atom is 0.255 e. The van der Waals surface area contributed by atoms with Crippen LogP contribution in [0.15, 0.2) is 18.2 Å². The highest BCUT2D eigenvalue weighted by atomic mass is 16.5. The molecule has 2 unspecified atom stereocenters. The molecule has 1 fully saturated rings. The number of aliphatic hydroxyl groups is 1. The summed E-state index contributed by atoms with van der Waals surface area (Å²) in [6.07, 6.45) is 4.00.